The number of methoxy groups -OCH3 is 1. The fraction of sp³-hybridized carbons (Fsp3) is 0.308. The van der Waals surface area contributed by atoms with E-state index in [-0.39, 0.29) is 11.5 Å². The molecule has 9 heteroatoms. The van der Waals surface area contributed by atoms with Crippen LogP contribution in [-0.2, 0) is 11.3 Å². The van der Waals surface area contributed by atoms with Crippen molar-refractivity contribution in [2.45, 2.75) is 33.2 Å². The maximum Gasteiger partial charge on any atom is 0.267 e. The summed E-state index contributed by atoms with van der Waals surface area (Å²) < 4.78 is 7.19. The monoisotopic (exact) mass is 508 g/mol. The van der Waals surface area contributed by atoms with Gasteiger partial charge in [-0.1, -0.05) is 56.0 Å². The quantitative estimate of drug-likeness (QED) is 0.306. The molecule has 0 saturated carbocycles. The predicted molar refractivity (Wildman–Crippen MR) is 146 cm³/mol. The van der Waals surface area contributed by atoms with Gasteiger partial charge in [-0.3, -0.25) is 18.9 Å². The molecule has 0 spiro atoms. The summed E-state index contributed by atoms with van der Waals surface area (Å²) in [6.45, 7) is 6.08. The Labute approximate surface area is 214 Å². The first-order chi connectivity index (χ1) is 17.0. The number of carbonyl (C=O) groups excluding carboxylic acids is 1. The number of ether oxygens (including phenoxy) is 1. The first kappa shape index (κ1) is 24.9. The molecule has 1 amide bonds. The normalized spacial score (nSPS) is 14.8. The summed E-state index contributed by atoms with van der Waals surface area (Å²) in [5, 5.41) is 0. The highest BCUT2D eigenvalue weighted by molar-refractivity contribution is 8.26. The summed E-state index contributed by atoms with van der Waals surface area (Å²) in [5.74, 6) is 1.14. The molecule has 182 valence electrons. The molecule has 0 bridgehead atoms. The molecule has 1 aliphatic rings. The van der Waals surface area contributed by atoms with Crippen LogP contribution in [0.15, 0.2) is 58.4 Å². The molecule has 2 aromatic heterocycles. The fourth-order valence-electron chi connectivity index (χ4n) is 4.00. The number of nitrogens with zero attached hydrogens (tertiary/aromatic N) is 4. The van der Waals surface area contributed by atoms with E-state index in [9.17, 15) is 9.59 Å². The number of pyridine rings is 1. The number of carbonyl (C=O) groups is 1. The van der Waals surface area contributed by atoms with E-state index in [1.54, 1.807) is 30.3 Å². The van der Waals surface area contributed by atoms with E-state index in [1.807, 2.05) is 36.4 Å². The maximum atomic E-state index is 13.5. The van der Waals surface area contributed by atoms with Gasteiger partial charge in [-0.05, 0) is 48.7 Å². The zero-order chi connectivity index (χ0) is 24.9. The summed E-state index contributed by atoms with van der Waals surface area (Å²) >= 11 is 6.74. The Morgan fingerprint density at radius 1 is 1.09 bits per heavy atom. The Morgan fingerprint density at radius 2 is 1.80 bits per heavy atom. The highest BCUT2D eigenvalue weighted by atomic mass is 32.2. The lowest BCUT2D eigenvalue weighted by atomic mass is 10.2. The van der Waals surface area contributed by atoms with Crippen LogP contribution in [0.1, 0.15) is 37.8 Å². The van der Waals surface area contributed by atoms with Gasteiger partial charge >= 0.3 is 0 Å². The lowest BCUT2D eigenvalue weighted by molar-refractivity contribution is -0.122. The topological polar surface area (TPSA) is 67.2 Å². The van der Waals surface area contributed by atoms with Gasteiger partial charge in [-0.2, -0.15) is 0 Å². The molecular formula is C26H28N4O3S2. The predicted octanol–water partition coefficient (Wildman–Crippen LogP) is 4.73. The van der Waals surface area contributed by atoms with Crippen LogP contribution < -0.4 is 15.2 Å². The zero-order valence-electron chi connectivity index (χ0n) is 20.1. The Hall–Kier alpha value is -3.17. The van der Waals surface area contributed by atoms with Crippen molar-refractivity contribution in [3.63, 3.8) is 0 Å². The number of benzene rings is 1. The van der Waals surface area contributed by atoms with Crippen LogP contribution in [-0.4, -0.2) is 44.7 Å². The molecule has 1 fully saturated rings. The second-order valence-corrected chi connectivity index (χ2v) is 9.86. The minimum absolute atomic E-state index is 0.205. The average molecular weight is 509 g/mol. The molecule has 0 radical (unpaired) electrons. The number of amides is 1. The summed E-state index contributed by atoms with van der Waals surface area (Å²) in [6.07, 6.45) is 5.19. The molecule has 0 aliphatic carbocycles. The number of thioether (sulfide) groups is 1. The molecule has 3 heterocycles. The van der Waals surface area contributed by atoms with Crippen LogP contribution in [0.3, 0.4) is 0 Å². The van der Waals surface area contributed by atoms with E-state index in [1.165, 1.54) is 16.2 Å². The lowest BCUT2D eigenvalue weighted by Crippen LogP contribution is -2.31. The summed E-state index contributed by atoms with van der Waals surface area (Å²) in [7, 11) is 1.61. The van der Waals surface area contributed by atoms with E-state index in [4.69, 9.17) is 21.9 Å². The number of aromatic nitrogens is 2. The van der Waals surface area contributed by atoms with Crippen molar-refractivity contribution in [3.8, 4) is 5.75 Å². The molecule has 0 unspecified atom stereocenters. The van der Waals surface area contributed by atoms with Gasteiger partial charge < -0.3 is 9.64 Å². The number of thiocarbonyl (C=S) groups is 1. The first-order valence-electron chi connectivity index (χ1n) is 11.6. The van der Waals surface area contributed by atoms with Crippen molar-refractivity contribution >= 4 is 51.7 Å². The summed E-state index contributed by atoms with van der Waals surface area (Å²) in [6, 6.07) is 13.0. The third-order valence-electron chi connectivity index (χ3n) is 5.68. The van der Waals surface area contributed by atoms with Crippen LogP contribution in [0.2, 0.25) is 0 Å². The average Bonchev–Trinajstić information content (AvgIpc) is 3.13. The number of anilines is 1. The lowest BCUT2D eigenvalue weighted by Gasteiger charge is -2.24. The van der Waals surface area contributed by atoms with Gasteiger partial charge in [-0.15, -0.1) is 0 Å². The van der Waals surface area contributed by atoms with Crippen molar-refractivity contribution in [2.75, 3.05) is 25.1 Å². The van der Waals surface area contributed by atoms with Gasteiger partial charge in [0.2, 0.25) is 0 Å². The van der Waals surface area contributed by atoms with Crippen molar-refractivity contribution in [2.24, 2.45) is 0 Å². The molecule has 0 atom stereocenters. The Balaban J connectivity index is 1.74. The van der Waals surface area contributed by atoms with E-state index in [2.05, 4.69) is 18.7 Å². The standard InChI is InChI=1S/C26H28N4O3S2/c1-4-13-28(14-5-2)23-20(24(31)29-15-7-6-8-22(29)27-23)16-21-25(32)30(26(34)35-21)17-18-9-11-19(33-3)12-10-18/h6-12,15-16H,4-5,13-14,17H2,1-3H3. The number of fused-ring (bicyclic) bond motifs is 1. The second-order valence-electron chi connectivity index (χ2n) is 8.19. The Kier molecular flexibility index (Phi) is 7.87. The molecule has 1 aromatic carbocycles. The minimum atomic E-state index is -0.211. The number of rotatable bonds is 9. The molecule has 7 nitrogen and oxygen atoms in total. The van der Waals surface area contributed by atoms with Crippen LogP contribution in [0.5, 0.6) is 5.75 Å². The van der Waals surface area contributed by atoms with Gasteiger partial charge in [0.05, 0.1) is 24.1 Å². The van der Waals surface area contributed by atoms with Gasteiger partial charge in [0.1, 0.15) is 21.5 Å². The number of hydrogen-bond donors (Lipinski definition) is 0. The molecule has 35 heavy (non-hydrogen) atoms. The van der Waals surface area contributed by atoms with Crippen LogP contribution in [0.25, 0.3) is 11.7 Å². The summed E-state index contributed by atoms with van der Waals surface area (Å²) in [5.41, 5.74) is 1.71. The van der Waals surface area contributed by atoms with E-state index in [0.717, 1.165) is 37.2 Å². The molecule has 4 rings (SSSR count). The van der Waals surface area contributed by atoms with Gasteiger partial charge in [0.15, 0.2) is 0 Å². The van der Waals surface area contributed by atoms with Crippen molar-refractivity contribution in [1.29, 1.82) is 0 Å². The molecule has 1 aliphatic heterocycles. The van der Waals surface area contributed by atoms with Crippen molar-refractivity contribution < 1.29 is 9.53 Å². The van der Waals surface area contributed by atoms with Crippen LogP contribution in [0.4, 0.5) is 5.82 Å². The molecule has 3 aromatic rings. The largest absolute Gasteiger partial charge is 0.497 e. The third-order valence-corrected chi connectivity index (χ3v) is 7.06. The molecule has 1 saturated heterocycles. The highest BCUT2D eigenvalue weighted by Gasteiger charge is 2.33. The van der Waals surface area contributed by atoms with Crippen molar-refractivity contribution in [1.82, 2.24) is 14.3 Å². The van der Waals surface area contributed by atoms with E-state index >= 15 is 0 Å². The second kappa shape index (κ2) is 11.0. The Morgan fingerprint density at radius 3 is 2.46 bits per heavy atom. The maximum absolute atomic E-state index is 13.5. The van der Waals surface area contributed by atoms with Gasteiger partial charge in [0, 0.05) is 19.3 Å². The third kappa shape index (κ3) is 5.26. The van der Waals surface area contributed by atoms with Gasteiger partial charge in [-0.25, -0.2) is 4.98 Å². The number of hydrogen-bond acceptors (Lipinski definition) is 7. The first-order valence-corrected chi connectivity index (χ1v) is 12.8. The molecular weight excluding hydrogens is 480 g/mol. The Bertz CT molecular complexity index is 1330. The SMILES string of the molecule is CCCN(CCC)c1nc2ccccn2c(=O)c1C=C1SC(=S)N(Cc2ccc(OC)cc2)C1=O. The fourth-order valence-corrected chi connectivity index (χ4v) is 5.24. The van der Waals surface area contributed by atoms with Crippen LogP contribution in [0, 0.1) is 0 Å². The van der Waals surface area contributed by atoms with Crippen molar-refractivity contribution in [3.05, 3.63) is 75.0 Å². The van der Waals surface area contributed by atoms with E-state index in [0.29, 0.717) is 32.8 Å². The van der Waals surface area contributed by atoms with Gasteiger partial charge in [0.25, 0.3) is 11.5 Å². The summed E-state index contributed by atoms with van der Waals surface area (Å²) in [4.78, 5) is 35.8. The minimum Gasteiger partial charge on any atom is -0.497 e. The highest BCUT2D eigenvalue weighted by Crippen LogP contribution is 2.34. The zero-order valence-corrected chi connectivity index (χ0v) is 21.7. The van der Waals surface area contributed by atoms with Crippen LogP contribution >= 0.6 is 24.0 Å². The van der Waals surface area contributed by atoms with E-state index < -0.39 is 0 Å². The molecule has 0 N–H and O–H groups in total. The smallest absolute Gasteiger partial charge is 0.267 e.